The van der Waals surface area contributed by atoms with E-state index in [2.05, 4.69) is 17.1 Å². The smallest absolute Gasteiger partial charge is 0.306 e. The number of nitrogens with zero attached hydrogens (tertiary/aromatic N) is 1. The minimum absolute atomic E-state index is 0.0147. The number of benzene rings is 2. The summed E-state index contributed by atoms with van der Waals surface area (Å²) >= 11 is 0. The molecule has 5 rings (SSSR count). The van der Waals surface area contributed by atoms with Gasteiger partial charge >= 0.3 is 10.1 Å². The molecule has 2 aromatic carbocycles. The Morgan fingerprint density at radius 2 is 1.66 bits per heavy atom. The second kappa shape index (κ2) is 13.4. The van der Waals surface area contributed by atoms with Gasteiger partial charge < -0.3 is 23.1 Å². The van der Waals surface area contributed by atoms with Crippen LogP contribution in [0.3, 0.4) is 0 Å². The molecular formula is C34H39NO8S. The van der Waals surface area contributed by atoms with Gasteiger partial charge in [0.2, 0.25) is 0 Å². The summed E-state index contributed by atoms with van der Waals surface area (Å²) in [5.41, 5.74) is 2.49. The Hall–Kier alpha value is -3.89. The molecule has 0 bridgehead atoms. The number of rotatable bonds is 12. The maximum atomic E-state index is 14.2. The number of carbonyl (C=O) groups is 1. The first-order chi connectivity index (χ1) is 21.2. The molecule has 9 nitrogen and oxygen atoms in total. The minimum atomic E-state index is -3.81. The summed E-state index contributed by atoms with van der Waals surface area (Å²) in [7, 11) is 0.816. The molecule has 1 aliphatic carbocycles. The summed E-state index contributed by atoms with van der Waals surface area (Å²) < 4.78 is 52.4. The Bertz CT molecular complexity index is 1620. The van der Waals surface area contributed by atoms with Crippen molar-refractivity contribution >= 4 is 15.9 Å². The molecule has 2 heterocycles. The third-order valence-corrected chi connectivity index (χ3v) is 8.92. The molecule has 1 saturated carbocycles. The number of unbranched alkanes of at least 4 members (excludes halogenated alkanes) is 2. The summed E-state index contributed by atoms with van der Waals surface area (Å²) in [4.78, 5) is 18.4. The Labute approximate surface area is 259 Å². The summed E-state index contributed by atoms with van der Waals surface area (Å²) in [6.45, 7) is 0. The number of aryl methyl sites for hydroxylation is 1. The van der Waals surface area contributed by atoms with Gasteiger partial charge in [0, 0.05) is 18.3 Å². The number of carbonyl (C=O) groups excluding carboxylic acids is 1. The number of ether oxygens (including phenoxy) is 4. The molecule has 0 N–H and O–H groups in total. The second-order valence-corrected chi connectivity index (χ2v) is 12.8. The highest BCUT2D eigenvalue weighted by Gasteiger charge is 2.58. The molecule has 10 heteroatoms. The van der Waals surface area contributed by atoms with E-state index in [1.807, 2.05) is 36.5 Å². The summed E-state index contributed by atoms with van der Waals surface area (Å²) in [5.74, 6) is 1.22. The van der Waals surface area contributed by atoms with Crippen LogP contribution in [0.2, 0.25) is 0 Å². The zero-order valence-electron chi connectivity index (χ0n) is 25.6. The van der Waals surface area contributed by atoms with Gasteiger partial charge in [0.25, 0.3) is 0 Å². The first-order valence-corrected chi connectivity index (χ1v) is 16.6. The molecule has 1 spiro atoms. The highest BCUT2D eigenvalue weighted by atomic mass is 32.2. The number of methoxy groups -OCH3 is 3. The predicted octanol–water partition coefficient (Wildman–Crippen LogP) is 6.13. The van der Waals surface area contributed by atoms with Crippen molar-refractivity contribution in [2.75, 3.05) is 27.6 Å². The lowest BCUT2D eigenvalue weighted by molar-refractivity contribution is -0.138. The van der Waals surface area contributed by atoms with Crippen LogP contribution < -0.4 is 18.4 Å². The van der Waals surface area contributed by atoms with Crippen molar-refractivity contribution in [3.63, 3.8) is 0 Å². The molecule has 3 atom stereocenters. The number of hydrogen-bond acceptors (Lipinski definition) is 9. The van der Waals surface area contributed by atoms with Crippen molar-refractivity contribution in [1.82, 2.24) is 4.98 Å². The second-order valence-electron chi connectivity index (χ2n) is 11.3. The molecule has 2 fully saturated rings. The predicted molar refractivity (Wildman–Crippen MR) is 166 cm³/mol. The van der Waals surface area contributed by atoms with Crippen molar-refractivity contribution in [2.45, 2.75) is 62.6 Å². The van der Waals surface area contributed by atoms with Crippen molar-refractivity contribution in [1.29, 1.82) is 0 Å². The van der Waals surface area contributed by atoms with E-state index >= 15 is 0 Å². The number of pyridine rings is 1. The van der Waals surface area contributed by atoms with Crippen molar-refractivity contribution in [2.24, 2.45) is 0 Å². The molecule has 2 aliphatic rings. The summed E-state index contributed by atoms with van der Waals surface area (Å²) in [5, 5.41) is 0. The van der Waals surface area contributed by atoms with Crippen molar-refractivity contribution in [3.05, 3.63) is 89.3 Å². The zero-order valence-corrected chi connectivity index (χ0v) is 26.4. The average molecular weight is 622 g/mol. The van der Waals surface area contributed by atoms with Crippen LogP contribution in [-0.2, 0) is 26.1 Å². The van der Waals surface area contributed by atoms with Crippen LogP contribution in [0.1, 0.15) is 67.2 Å². The molecule has 234 valence electrons. The lowest BCUT2D eigenvalue weighted by Crippen LogP contribution is -2.38. The van der Waals surface area contributed by atoms with Gasteiger partial charge in [-0.2, -0.15) is 8.42 Å². The quantitative estimate of drug-likeness (QED) is 0.134. The van der Waals surface area contributed by atoms with Crippen LogP contribution in [0, 0.1) is 0 Å². The van der Waals surface area contributed by atoms with Crippen LogP contribution in [0.15, 0.2) is 72.6 Å². The largest absolute Gasteiger partial charge is 0.493 e. The van der Waals surface area contributed by atoms with E-state index in [0.29, 0.717) is 30.8 Å². The highest BCUT2D eigenvalue weighted by molar-refractivity contribution is 7.86. The van der Waals surface area contributed by atoms with E-state index < -0.39 is 15.7 Å². The van der Waals surface area contributed by atoms with Gasteiger partial charge in [0.05, 0.1) is 33.7 Å². The SMILES string of the molecule is COc1ccc(C2CCC3(O2)C(=O)/C(=C/CCCCc2cccnc2)CC3c2ccc(OC)c(OS(C)(=O)=O)c2)cc1OC. The highest BCUT2D eigenvalue weighted by Crippen LogP contribution is 2.56. The Kier molecular flexibility index (Phi) is 9.60. The lowest BCUT2D eigenvalue weighted by Gasteiger charge is -2.30. The fourth-order valence-corrected chi connectivity index (χ4v) is 6.79. The van der Waals surface area contributed by atoms with Crippen LogP contribution in [0.4, 0.5) is 0 Å². The fourth-order valence-electron chi connectivity index (χ4n) is 6.33. The number of hydrogen-bond donors (Lipinski definition) is 0. The van der Waals surface area contributed by atoms with E-state index in [-0.39, 0.29) is 29.3 Å². The maximum absolute atomic E-state index is 14.2. The molecule has 1 aromatic heterocycles. The topological polar surface area (TPSA) is 110 Å². The summed E-state index contributed by atoms with van der Waals surface area (Å²) in [6, 6.07) is 14.9. The van der Waals surface area contributed by atoms with Crippen LogP contribution >= 0.6 is 0 Å². The van der Waals surface area contributed by atoms with E-state index in [1.165, 1.54) is 12.7 Å². The first kappa shape index (κ1) is 31.5. The molecular weight excluding hydrogens is 582 g/mol. The monoisotopic (exact) mass is 621 g/mol. The molecule has 1 saturated heterocycles. The van der Waals surface area contributed by atoms with Crippen molar-refractivity contribution in [3.8, 4) is 23.0 Å². The Morgan fingerprint density at radius 1 is 0.955 bits per heavy atom. The number of Topliss-reactive ketones (excluding diaryl/α,β-unsaturated/α-hetero) is 1. The van der Waals surface area contributed by atoms with E-state index in [4.69, 9.17) is 23.1 Å². The lowest BCUT2D eigenvalue weighted by atomic mass is 9.82. The normalized spacial score (nSPS) is 22.5. The molecule has 3 aromatic rings. The van der Waals surface area contributed by atoms with Gasteiger partial charge in [-0.15, -0.1) is 0 Å². The minimum Gasteiger partial charge on any atom is -0.493 e. The fraction of sp³-hybridized carbons (Fsp3) is 0.412. The summed E-state index contributed by atoms with van der Waals surface area (Å²) in [6.07, 6.45) is 11.6. The number of allylic oxidation sites excluding steroid dienone is 1. The standard InChI is InChI=1S/C34H39NO8S/c1-39-29-15-13-25(21-31(29)41-3)28-16-17-34(42-28)27(24-12-14-30(40-2)32(20-24)43-44(4,37)38)19-26(33(34)36)11-7-5-6-9-23-10-8-18-35-22-23/h8,10-15,18,20-22,27-28H,5-7,9,16-17,19H2,1-4H3/b26-11+. The van der Waals surface area contributed by atoms with Crippen LogP contribution in [0.5, 0.6) is 23.0 Å². The molecule has 44 heavy (non-hydrogen) atoms. The molecule has 0 radical (unpaired) electrons. The first-order valence-electron chi connectivity index (χ1n) is 14.8. The molecule has 3 unspecified atom stereocenters. The third-order valence-electron chi connectivity index (χ3n) is 8.44. The Morgan fingerprint density at radius 3 is 2.34 bits per heavy atom. The van der Waals surface area contributed by atoms with Gasteiger partial charge in [0.15, 0.2) is 28.8 Å². The molecule has 0 amide bonds. The van der Waals surface area contributed by atoms with Gasteiger partial charge in [-0.3, -0.25) is 9.78 Å². The van der Waals surface area contributed by atoms with Crippen molar-refractivity contribution < 1.29 is 36.3 Å². The van der Waals surface area contributed by atoms with E-state index in [9.17, 15) is 13.2 Å². The zero-order chi connectivity index (χ0) is 31.3. The number of aromatic nitrogens is 1. The number of ketones is 1. The van der Waals surface area contributed by atoms with Gasteiger partial charge in [-0.25, -0.2) is 0 Å². The van der Waals surface area contributed by atoms with E-state index in [0.717, 1.165) is 48.6 Å². The van der Waals surface area contributed by atoms with E-state index in [1.54, 1.807) is 32.5 Å². The van der Waals surface area contributed by atoms with Crippen LogP contribution in [0.25, 0.3) is 0 Å². The van der Waals surface area contributed by atoms with Crippen LogP contribution in [-0.4, -0.2) is 52.4 Å². The Balaban J connectivity index is 1.43. The van der Waals surface area contributed by atoms with Gasteiger partial charge in [-0.1, -0.05) is 24.3 Å². The van der Waals surface area contributed by atoms with Gasteiger partial charge in [0.1, 0.15) is 5.60 Å². The third kappa shape index (κ3) is 6.76. The average Bonchev–Trinajstić information content (AvgIpc) is 3.58. The molecule has 1 aliphatic heterocycles. The maximum Gasteiger partial charge on any atom is 0.306 e. The van der Waals surface area contributed by atoms with Gasteiger partial charge in [-0.05, 0) is 97.5 Å².